The minimum atomic E-state index is 0.0242. The normalized spacial score (nSPS) is 22.7. The summed E-state index contributed by atoms with van der Waals surface area (Å²) in [6.07, 6.45) is 1.19. The molecule has 1 aromatic rings. The van der Waals surface area contributed by atoms with Crippen LogP contribution in [0.15, 0.2) is 12.1 Å². The Balaban J connectivity index is 1.48. The van der Waals surface area contributed by atoms with Crippen molar-refractivity contribution in [2.45, 2.75) is 24.2 Å². The number of carbonyl (C=O) groups is 1. The van der Waals surface area contributed by atoms with Gasteiger partial charge in [-0.1, -0.05) is 0 Å². The number of hydrogen-bond donors (Lipinski definition) is 0. The molecule has 1 atom stereocenters. The van der Waals surface area contributed by atoms with Crippen molar-refractivity contribution in [3.05, 3.63) is 17.8 Å². The molecule has 0 unspecified atom stereocenters. The highest BCUT2D eigenvalue weighted by Gasteiger charge is 2.50. The summed E-state index contributed by atoms with van der Waals surface area (Å²) in [6.45, 7) is 4.09. The van der Waals surface area contributed by atoms with E-state index < -0.39 is 0 Å². The third kappa shape index (κ3) is 3.20. The standard InChI is InChI=1S/C15H22N4O2S/c1-11-4-5-13(17-16-11)19-9-15(10-19)6-12(8-22-15)21-7-14(20)18(2)3/h4-5,12H,6-10H2,1-3H3/t12-/m1/s1. The molecular weight excluding hydrogens is 300 g/mol. The summed E-state index contributed by atoms with van der Waals surface area (Å²) in [5, 5.41) is 8.35. The van der Waals surface area contributed by atoms with E-state index in [1.165, 1.54) is 0 Å². The summed E-state index contributed by atoms with van der Waals surface area (Å²) in [5.41, 5.74) is 0.938. The van der Waals surface area contributed by atoms with Crippen LogP contribution in [0.5, 0.6) is 0 Å². The van der Waals surface area contributed by atoms with E-state index >= 15 is 0 Å². The van der Waals surface area contributed by atoms with Gasteiger partial charge in [-0.25, -0.2) is 0 Å². The lowest BCUT2D eigenvalue weighted by atomic mass is 9.93. The van der Waals surface area contributed by atoms with Gasteiger partial charge in [0.2, 0.25) is 5.91 Å². The molecule has 2 saturated heterocycles. The van der Waals surface area contributed by atoms with Crippen molar-refractivity contribution in [3.8, 4) is 0 Å². The Morgan fingerprint density at radius 1 is 1.45 bits per heavy atom. The van der Waals surface area contributed by atoms with Crippen LogP contribution in [0.4, 0.5) is 5.82 Å². The van der Waals surface area contributed by atoms with Crippen molar-refractivity contribution >= 4 is 23.5 Å². The molecular formula is C15H22N4O2S. The van der Waals surface area contributed by atoms with Gasteiger partial charge >= 0.3 is 0 Å². The van der Waals surface area contributed by atoms with Crippen molar-refractivity contribution in [1.82, 2.24) is 15.1 Å². The first-order chi connectivity index (χ1) is 10.5. The summed E-state index contributed by atoms with van der Waals surface area (Å²) in [7, 11) is 3.51. The third-order valence-electron chi connectivity index (χ3n) is 4.18. The molecule has 0 saturated carbocycles. The van der Waals surface area contributed by atoms with Crippen molar-refractivity contribution in [2.24, 2.45) is 0 Å². The first kappa shape index (κ1) is 15.6. The lowest BCUT2D eigenvalue weighted by Crippen LogP contribution is -2.59. The summed E-state index contributed by atoms with van der Waals surface area (Å²) in [5.74, 6) is 1.94. The monoisotopic (exact) mass is 322 g/mol. The Labute approximate surface area is 135 Å². The second kappa shape index (κ2) is 6.04. The SMILES string of the molecule is Cc1ccc(N2CC3(C[C@@H](OCC(=O)N(C)C)CS3)C2)nn1. The number of likely N-dealkylation sites (N-methyl/N-ethyl adjacent to an activating group) is 1. The number of anilines is 1. The Morgan fingerprint density at radius 3 is 2.86 bits per heavy atom. The van der Waals surface area contributed by atoms with Gasteiger partial charge in [0, 0.05) is 32.9 Å². The van der Waals surface area contributed by atoms with Crippen LogP contribution in [-0.2, 0) is 9.53 Å². The lowest BCUT2D eigenvalue weighted by Gasteiger charge is -2.48. The van der Waals surface area contributed by atoms with Gasteiger partial charge < -0.3 is 14.5 Å². The maximum atomic E-state index is 11.6. The minimum Gasteiger partial charge on any atom is -0.367 e. The van der Waals surface area contributed by atoms with Crippen LogP contribution in [0.3, 0.4) is 0 Å². The van der Waals surface area contributed by atoms with Crippen LogP contribution >= 0.6 is 11.8 Å². The Morgan fingerprint density at radius 2 is 2.23 bits per heavy atom. The molecule has 120 valence electrons. The van der Waals surface area contributed by atoms with Crippen LogP contribution in [0, 0.1) is 6.92 Å². The Hall–Kier alpha value is -1.34. The molecule has 1 spiro atoms. The molecule has 2 aliphatic rings. The van der Waals surface area contributed by atoms with E-state index in [2.05, 4.69) is 15.1 Å². The molecule has 0 bridgehead atoms. The predicted octanol–water partition coefficient (Wildman–Crippen LogP) is 0.954. The molecule has 0 N–H and O–H groups in total. The van der Waals surface area contributed by atoms with Crippen LogP contribution in [0.1, 0.15) is 12.1 Å². The van der Waals surface area contributed by atoms with Gasteiger partial charge in [0.05, 0.1) is 16.5 Å². The number of aromatic nitrogens is 2. The maximum Gasteiger partial charge on any atom is 0.248 e. The van der Waals surface area contributed by atoms with Crippen molar-refractivity contribution in [3.63, 3.8) is 0 Å². The van der Waals surface area contributed by atoms with Crippen molar-refractivity contribution < 1.29 is 9.53 Å². The zero-order chi connectivity index (χ0) is 15.7. The van der Waals surface area contributed by atoms with E-state index in [9.17, 15) is 4.79 Å². The molecule has 1 amide bonds. The smallest absolute Gasteiger partial charge is 0.248 e. The summed E-state index contributed by atoms with van der Waals surface area (Å²) in [6, 6.07) is 4.02. The van der Waals surface area contributed by atoms with Gasteiger partial charge in [0.15, 0.2) is 5.82 Å². The average Bonchev–Trinajstić information content (AvgIpc) is 2.88. The van der Waals surface area contributed by atoms with E-state index in [0.29, 0.717) is 0 Å². The van der Waals surface area contributed by atoms with Crippen LogP contribution in [0.2, 0.25) is 0 Å². The molecule has 1 aromatic heterocycles. The zero-order valence-corrected chi connectivity index (χ0v) is 14.1. The van der Waals surface area contributed by atoms with E-state index in [-0.39, 0.29) is 23.4 Å². The number of thioether (sulfide) groups is 1. The molecule has 2 aliphatic heterocycles. The first-order valence-electron chi connectivity index (χ1n) is 7.48. The average molecular weight is 322 g/mol. The van der Waals surface area contributed by atoms with Crippen molar-refractivity contribution in [1.29, 1.82) is 0 Å². The fourth-order valence-corrected chi connectivity index (χ4v) is 4.37. The third-order valence-corrected chi connectivity index (χ3v) is 5.76. The number of aryl methyl sites for hydroxylation is 1. The largest absolute Gasteiger partial charge is 0.367 e. The highest BCUT2D eigenvalue weighted by Crippen LogP contribution is 2.46. The van der Waals surface area contributed by atoms with E-state index in [1.54, 1.807) is 19.0 Å². The van der Waals surface area contributed by atoms with Gasteiger partial charge in [-0.3, -0.25) is 4.79 Å². The van der Waals surface area contributed by atoms with E-state index in [0.717, 1.165) is 36.8 Å². The predicted molar refractivity (Wildman–Crippen MR) is 87.2 cm³/mol. The number of hydrogen-bond acceptors (Lipinski definition) is 6. The molecule has 6 nitrogen and oxygen atoms in total. The lowest BCUT2D eigenvalue weighted by molar-refractivity contribution is -0.135. The summed E-state index contributed by atoms with van der Waals surface area (Å²) in [4.78, 5) is 15.4. The number of carbonyl (C=O) groups excluding carboxylic acids is 1. The Kier molecular flexibility index (Phi) is 4.27. The van der Waals surface area contributed by atoms with Crippen LogP contribution in [-0.4, -0.2) is 71.4 Å². The number of amides is 1. The molecule has 3 heterocycles. The molecule has 7 heteroatoms. The summed E-state index contributed by atoms with van der Waals surface area (Å²) >= 11 is 1.96. The topological polar surface area (TPSA) is 58.6 Å². The van der Waals surface area contributed by atoms with Gasteiger partial charge in [0.25, 0.3) is 0 Å². The van der Waals surface area contributed by atoms with E-state index in [1.807, 2.05) is 30.8 Å². The first-order valence-corrected chi connectivity index (χ1v) is 8.47. The zero-order valence-electron chi connectivity index (χ0n) is 13.3. The van der Waals surface area contributed by atoms with Crippen molar-refractivity contribution in [2.75, 3.05) is 44.4 Å². The van der Waals surface area contributed by atoms with Gasteiger partial charge in [-0.15, -0.1) is 16.9 Å². The highest BCUT2D eigenvalue weighted by molar-refractivity contribution is 8.01. The minimum absolute atomic E-state index is 0.0242. The summed E-state index contributed by atoms with van der Waals surface area (Å²) < 4.78 is 6.02. The highest BCUT2D eigenvalue weighted by atomic mass is 32.2. The molecule has 0 radical (unpaired) electrons. The quantitative estimate of drug-likeness (QED) is 0.823. The van der Waals surface area contributed by atoms with Crippen LogP contribution < -0.4 is 4.90 Å². The second-order valence-electron chi connectivity index (χ2n) is 6.31. The number of rotatable bonds is 4. The molecule has 0 aliphatic carbocycles. The van der Waals surface area contributed by atoms with E-state index in [4.69, 9.17) is 4.74 Å². The Bertz CT molecular complexity index is 543. The number of nitrogens with zero attached hydrogens (tertiary/aromatic N) is 4. The second-order valence-corrected chi connectivity index (χ2v) is 7.80. The number of ether oxygens (including phenoxy) is 1. The van der Waals surface area contributed by atoms with Gasteiger partial charge in [-0.2, -0.15) is 5.10 Å². The molecule has 3 rings (SSSR count). The molecule has 0 aromatic carbocycles. The van der Waals surface area contributed by atoms with Crippen LogP contribution in [0.25, 0.3) is 0 Å². The molecule has 2 fully saturated rings. The fourth-order valence-electron chi connectivity index (χ4n) is 2.82. The maximum absolute atomic E-state index is 11.6. The van der Waals surface area contributed by atoms with Gasteiger partial charge in [0.1, 0.15) is 6.61 Å². The van der Waals surface area contributed by atoms with Gasteiger partial charge in [-0.05, 0) is 25.5 Å². The molecule has 22 heavy (non-hydrogen) atoms. The fraction of sp³-hybridized carbons (Fsp3) is 0.667.